The van der Waals surface area contributed by atoms with Crippen molar-refractivity contribution in [2.24, 2.45) is 0 Å². The highest BCUT2D eigenvalue weighted by Crippen LogP contribution is 2.48. The summed E-state index contributed by atoms with van der Waals surface area (Å²) in [5.41, 5.74) is 2.97. The summed E-state index contributed by atoms with van der Waals surface area (Å²) in [4.78, 5) is 28.8. The first kappa shape index (κ1) is 25.6. The van der Waals surface area contributed by atoms with E-state index in [1.54, 1.807) is 31.1 Å². The van der Waals surface area contributed by atoms with Crippen LogP contribution in [-0.2, 0) is 15.8 Å². The molecule has 196 valence electrons. The van der Waals surface area contributed by atoms with Gasteiger partial charge in [-0.2, -0.15) is 13.2 Å². The maximum atomic E-state index is 13.9. The number of nitrogens with zero attached hydrogens (tertiary/aromatic N) is 1. The van der Waals surface area contributed by atoms with Crippen molar-refractivity contribution in [1.29, 1.82) is 0 Å². The number of amides is 1. The number of ketones is 1. The average molecular weight is 521 g/mol. The first-order valence-corrected chi connectivity index (χ1v) is 12.5. The highest BCUT2D eigenvalue weighted by Gasteiger charge is 2.41. The molecule has 1 heterocycles. The van der Waals surface area contributed by atoms with Gasteiger partial charge in [-0.15, -0.1) is 0 Å². The Hall–Kier alpha value is -4.07. The van der Waals surface area contributed by atoms with Gasteiger partial charge in [0.15, 0.2) is 5.78 Å². The Morgan fingerprint density at radius 2 is 1.63 bits per heavy atom. The zero-order valence-corrected chi connectivity index (χ0v) is 21.0. The smallest absolute Gasteiger partial charge is 0.416 e. The molecular formula is C30H27F3N2O3. The second-order valence-electron chi connectivity index (χ2n) is 9.48. The Labute approximate surface area is 218 Å². The van der Waals surface area contributed by atoms with Crippen molar-refractivity contribution in [1.82, 2.24) is 0 Å². The number of allylic oxidation sites excluding steroid dienone is 1. The van der Waals surface area contributed by atoms with Crippen LogP contribution in [0.4, 0.5) is 24.5 Å². The van der Waals surface area contributed by atoms with E-state index in [4.69, 9.17) is 4.74 Å². The van der Waals surface area contributed by atoms with Crippen LogP contribution in [-0.4, -0.2) is 18.8 Å². The molecule has 5 rings (SSSR count). The van der Waals surface area contributed by atoms with Crippen LogP contribution < -0.4 is 15.0 Å². The Bertz CT molecular complexity index is 1400. The first-order valence-electron chi connectivity index (χ1n) is 12.5. The second kappa shape index (κ2) is 10.0. The maximum Gasteiger partial charge on any atom is 0.416 e. The summed E-state index contributed by atoms with van der Waals surface area (Å²) in [6, 6.07) is 18.7. The van der Waals surface area contributed by atoms with E-state index in [0.29, 0.717) is 40.4 Å². The number of alkyl halides is 3. The van der Waals surface area contributed by atoms with Crippen molar-refractivity contribution >= 4 is 23.1 Å². The van der Waals surface area contributed by atoms with Gasteiger partial charge in [0.05, 0.1) is 30.1 Å². The van der Waals surface area contributed by atoms with Crippen molar-refractivity contribution in [3.05, 3.63) is 101 Å². The summed E-state index contributed by atoms with van der Waals surface area (Å²) in [6.07, 6.45) is -3.61. The molecule has 0 bridgehead atoms. The van der Waals surface area contributed by atoms with E-state index in [1.165, 1.54) is 12.1 Å². The lowest BCUT2D eigenvalue weighted by Gasteiger charge is -2.35. The van der Waals surface area contributed by atoms with Crippen LogP contribution in [0.5, 0.6) is 5.75 Å². The number of halogens is 3. The van der Waals surface area contributed by atoms with Crippen LogP contribution in [0.1, 0.15) is 54.8 Å². The number of hydrogen-bond donors (Lipinski definition) is 1. The molecule has 1 N–H and O–H groups in total. The molecule has 2 atom stereocenters. The minimum absolute atomic E-state index is 0.103. The van der Waals surface area contributed by atoms with Crippen LogP contribution in [0.15, 0.2) is 84.1 Å². The van der Waals surface area contributed by atoms with Crippen LogP contribution in [0.25, 0.3) is 0 Å². The summed E-state index contributed by atoms with van der Waals surface area (Å²) in [6.45, 7) is 1.73. The summed E-state index contributed by atoms with van der Waals surface area (Å²) >= 11 is 0. The maximum absolute atomic E-state index is 13.9. The van der Waals surface area contributed by atoms with E-state index in [9.17, 15) is 22.8 Å². The van der Waals surface area contributed by atoms with E-state index < -0.39 is 17.8 Å². The Kier molecular flexibility index (Phi) is 6.73. The monoisotopic (exact) mass is 520 g/mol. The number of benzene rings is 3. The number of anilines is 2. The fourth-order valence-electron chi connectivity index (χ4n) is 5.32. The zero-order chi connectivity index (χ0) is 27.0. The van der Waals surface area contributed by atoms with Gasteiger partial charge in [0.25, 0.3) is 0 Å². The number of ether oxygens (including phenoxy) is 1. The predicted octanol–water partition coefficient (Wildman–Crippen LogP) is 7.02. The fraction of sp³-hybridized carbons (Fsp3) is 0.267. The molecule has 0 radical (unpaired) electrons. The van der Waals surface area contributed by atoms with Gasteiger partial charge >= 0.3 is 6.18 Å². The molecule has 0 spiro atoms. The normalized spacial score (nSPS) is 19.3. The lowest BCUT2D eigenvalue weighted by Crippen LogP contribution is -2.38. The van der Waals surface area contributed by atoms with Crippen molar-refractivity contribution in [3.63, 3.8) is 0 Å². The fourth-order valence-corrected chi connectivity index (χ4v) is 5.32. The number of fused-ring (bicyclic) bond motifs is 1. The second-order valence-corrected chi connectivity index (χ2v) is 9.48. The Morgan fingerprint density at radius 1 is 0.974 bits per heavy atom. The third-order valence-electron chi connectivity index (χ3n) is 7.20. The van der Waals surface area contributed by atoms with Gasteiger partial charge in [0.1, 0.15) is 5.75 Å². The lowest BCUT2D eigenvalue weighted by atomic mass is 9.78. The number of rotatable bonds is 4. The summed E-state index contributed by atoms with van der Waals surface area (Å²) < 4.78 is 45.2. The van der Waals surface area contributed by atoms with E-state index in [-0.39, 0.29) is 30.4 Å². The third-order valence-corrected chi connectivity index (χ3v) is 7.20. The van der Waals surface area contributed by atoms with Crippen molar-refractivity contribution < 1.29 is 27.5 Å². The van der Waals surface area contributed by atoms with Gasteiger partial charge in [-0.1, -0.05) is 43.3 Å². The van der Waals surface area contributed by atoms with E-state index in [2.05, 4.69) is 5.32 Å². The zero-order valence-electron chi connectivity index (χ0n) is 21.0. The highest BCUT2D eigenvalue weighted by atomic mass is 19.4. The van der Waals surface area contributed by atoms with Crippen LogP contribution in [0.2, 0.25) is 0 Å². The van der Waals surface area contributed by atoms with Crippen molar-refractivity contribution in [3.8, 4) is 5.75 Å². The van der Waals surface area contributed by atoms with Crippen LogP contribution in [0.3, 0.4) is 0 Å². The highest BCUT2D eigenvalue weighted by molar-refractivity contribution is 6.06. The minimum Gasteiger partial charge on any atom is -0.497 e. The molecule has 5 nitrogen and oxygen atoms in total. The number of nitrogens with one attached hydrogen (secondary N) is 1. The molecule has 0 saturated heterocycles. The molecule has 1 aliphatic carbocycles. The molecule has 0 fully saturated rings. The topological polar surface area (TPSA) is 58.6 Å². The summed E-state index contributed by atoms with van der Waals surface area (Å²) in [7, 11) is 1.59. The van der Waals surface area contributed by atoms with Crippen LogP contribution in [0, 0.1) is 0 Å². The van der Waals surface area contributed by atoms with Gasteiger partial charge in [0.2, 0.25) is 5.91 Å². The molecule has 1 amide bonds. The average Bonchev–Trinajstić information content (AvgIpc) is 3.07. The van der Waals surface area contributed by atoms with Gasteiger partial charge in [0, 0.05) is 24.1 Å². The van der Waals surface area contributed by atoms with Crippen molar-refractivity contribution in [2.45, 2.75) is 44.3 Å². The number of Topliss-reactive ketones (excluding diaryl/α,β-unsaturated/α-hetero) is 1. The Morgan fingerprint density at radius 3 is 2.26 bits per heavy atom. The van der Waals surface area contributed by atoms with E-state index in [1.807, 2.05) is 36.4 Å². The molecule has 2 aliphatic rings. The predicted molar refractivity (Wildman–Crippen MR) is 139 cm³/mol. The first-order chi connectivity index (χ1) is 18.2. The van der Waals surface area contributed by atoms with Gasteiger partial charge in [-0.3, -0.25) is 14.5 Å². The van der Waals surface area contributed by atoms with Gasteiger partial charge < -0.3 is 10.1 Å². The summed E-state index contributed by atoms with van der Waals surface area (Å²) in [5, 5.41) is 3.42. The molecule has 0 saturated carbocycles. The van der Waals surface area contributed by atoms with E-state index in [0.717, 1.165) is 17.7 Å². The lowest BCUT2D eigenvalue weighted by molar-refractivity contribution is -0.137. The minimum atomic E-state index is -4.49. The van der Waals surface area contributed by atoms with Gasteiger partial charge in [-0.25, -0.2) is 0 Å². The number of methoxy groups -OCH3 is 1. The standard InChI is InChI=1S/C30H27F3N2O3/c1-3-27(37)35-25-7-5-4-6-23(25)34-24-16-20(18-10-14-22(38-2)15-11-18)17-26(36)28(24)29(35)19-8-12-21(13-9-19)30(31,32)33/h4-15,20,29,34H,3,16-17H2,1-2H3/t20-,29+/m1/s1. The molecule has 8 heteroatoms. The number of para-hydroxylation sites is 2. The molecule has 1 aliphatic heterocycles. The third kappa shape index (κ3) is 4.66. The van der Waals surface area contributed by atoms with Crippen LogP contribution >= 0.6 is 0 Å². The SMILES string of the molecule is CCC(=O)N1c2ccccc2NC2=C(C(=O)C[C@H](c3ccc(OC)cc3)C2)[C@@H]1c1ccc(C(F)(F)F)cc1. The Balaban J connectivity index is 1.66. The van der Waals surface area contributed by atoms with Crippen molar-refractivity contribution in [2.75, 3.05) is 17.3 Å². The molecule has 3 aromatic carbocycles. The number of carbonyl (C=O) groups is 2. The summed E-state index contributed by atoms with van der Waals surface area (Å²) in [5.74, 6) is 0.232. The molecule has 3 aromatic rings. The molecular weight excluding hydrogens is 493 g/mol. The largest absolute Gasteiger partial charge is 0.497 e. The molecule has 0 unspecified atom stereocenters. The van der Waals surface area contributed by atoms with E-state index >= 15 is 0 Å². The number of carbonyl (C=O) groups excluding carboxylic acids is 2. The quantitative estimate of drug-likeness (QED) is 0.402. The molecule has 0 aromatic heterocycles. The number of hydrogen-bond acceptors (Lipinski definition) is 4. The molecule has 38 heavy (non-hydrogen) atoms. The van der Waals surface area contributed by atoms with Gasteiger partial charge in [-0.05, 0) is 59.9 Å².